The lowest BCUT2D eigenvalue weighted by molar-refractivity contribution is -0.116. The number of anilines is 1. The van der Waals surface area contributed by atoms with Crippen molar-refractivity contribution in [1.29, 1.82) is 0 Å². The van der Waals surface area contributed by atoms with Crippen molar-refractivity contribution in [2.45, 2.75) is 65.7 Å². The minimum absolute atomic E-state index is 0.0165. The van der Waals surface area contributed by atoms with Gasteiger partial charge in [0, 0.05) is 11.8 Å². The molecule has 0 radical (unpaired) electrons. The van der Waals surface area contributed by atoms with E-state index in [1.807, 2.05) is 13.8 Å². The SMILES string of the molecule is CCCCC12CCC(=O)C(CC)=C1c1cc(F)c(N)c(C)c1C2. The zero-order chi connectivity index (χ0) is 16.8. The van der Waals surface area contributed by atoms with Gasteiger partial charge in [0.25, 0.3) is 0 Å². The van der Waals surface area contributed by atoms with Gasteiger partial charge in [0.1, 0.15) is 5.82 Å². The number of hydrogen-bond acceptors (Lipinski definition) is 2. The van der Waals surface area contributed by atoms with E-state index in [2.05, 4.69) is 6.92 Å². The zero-order valence-electron chi connectivity index (χ0n) is 14.4. The number of nitrogen functional groups attached to an aromatic ring is 1. The molecule has 1 aromatic rings. The molecule has 0 aliphatic heterocycles. The lowest BCUT2D eigenvalue weighted by Crippen LogP contribution is -2.28. The van der Waals surface area contributed by atoms with Crippen LogP contribution in [0, 0.1) is 18.2 Å². The smallest absolute Gasteiger partial charge is 0.159 e. The van der Waals surface area contributed by atoms with Crippen LogP contribution < -0.4 is 5.73 Å². The lowest BCUT2D eigenvalue weighted by atomic mass is 9.67. The molecule has 3 rings (SSSR count). The van der Waals surface area contributed by atoms with Gasteiger partial charge < -0.3 is 5.73 Å². The number of hydrogen-bond donors (Lipinski definition) is 1. The highest BCUT2D eigenvalue weighted by Crippen LogP contribution is 2.58. The van der Waals surface area contributed by atoms with Crippen molar-refractivity contribution in [2.24, 2.45) is 5.41 Å². The Bertz CT molecular complexity index is 704. The predicted octanol–water partition coefficient (Wildman–Crippen LogP) is 4.98. The second kappa shape index (κ2) is 5.77. The molecule has 0 fully saturated rings. The first-order chi connectivity index (χ1) is 10.9. The molecule has 1 aromatic carbocycles. The number of fused-ring (bicyclic) bond motifs is 3. The van der Waals surface area contributed by atoms with Crippen LogP contribution in [-0.2, 0) is 11.2 Å². The van der Waals surface area contributed by atoms with Crippen LogP contribution in [0.25, 0.3) is 5.57 Å². The molecule has 1 unspecified atom stereocenters. The highest BCUT2D eigenvalue weighted by Gasteiger charge is 2.47. The van der Waals surface area contributed by atoms with Crippen molar-refractivity contribution in [3.05, 3.63) is 34.1 Å². The molecular formula is C20H26FNO. The second-order valence-electron chi connectivity index (χ2n) is 7.11. The highest BCUT2D eigenvalue weighted by atomic mass is 19.1. The van der Waals surface area contributed by atoms with Crippen LogP contribution in [0.2, 0.25) is 0 Å². The number of ketones is 1. The molecule has 1 atom stereocenters. The maximum Gasteiger partial charge on any atom is 0.159 e. The number of carbonyl (C=O) groups is 1. The summed E-state index contributed by atoms with van der Waals surface area (Å²) in [6.07, 6.45) is 6.50. The van der Waals surface area contributed by atoms with Crippen LogP contribution in [0.1, 0.15) is 69.1 Å². The Hall–Kier alpha value is -1.64. The molecule has 2 N–H and O–H groups in total. The van der Waals surface area contributed by atoms with Crippen LogP contribution in [-0.4, -0.2) is 5.78 Å². The van der Waals surface area contributed by atoms with Gasteiger partial charge in [-0.25, -0.2) is 4.39 Å². The van der Waals surface area contributed by atoms with Gasteiger partial charge in [0.05, 0.1) is 5.69 Å². The summed E-state index contributed by atoms with van der Waals surface area (Å²) in [7, 11) is 0. The van der Waals surface area contributed by atoms with Gasteiger partial charge in [-0.1, -0.05) is 26.7 Å². The Morgan fingerprint density at radius 1 is 1.35 bits per heavy atom. The predicted molar refractivity (Wildman–Crippen MR) is 92.7 cm³/mol. The minimum Gasteiger partial charge on any atom is -0.396 e. The molecule has 3 heteroatoms. The van der Waals surface area contributed by atoms with Crippen LogP contribution >= 0.6 is 0 Å². The molecule has 0 amide bonds. The molecule has 0 heterocycles. The first-order valence-corrected chi connectivity index (χ1v) is 8.79. The van der Waals surface area contributed by atoms with Gasteiger partial charge >= 0.3 is 0 Å². The average Bonchev–Trinajstić information content (AvgIpc) is 2.86. The molecular weight excluding hydrogens is 289 g/mol. The molecule has 0 aromatic heterocycles. The molecule has 0 bridgehead atoms. The molecule has 0 saturated heterocycles. The minimum atomic E-state index is -0.353. The summed E-state index contributed by atoms with van der Waals surface area (Å²) < 4.78 is 14.3. The fourth-order valence-corrected chi connectivity index (χ4v) is 4.57. The maximum atomic E-state index is 14.3. The van der Waals surface area contributed by atoms with E-state index in [-0.39, 0.29) is 22.7 Å². The van der Waals surface area contributed by atoms with Crippen LogP contribution in [0.15, 0.2) is 11.6 Å². The highest BCUT2D eigenvalue weighted by molar-refractivity contribution is 6.06. The maximum absolute atomic E-state index is 14.3. The first-order valence-electron chi connectivity index (χ1n) is 8.79. The Kier molecular flexibility index (Phi) is 4.07. The van der Waals surface area contributed by atoms with E-state index in [9.17, 15) is 9.18 Å². The molecule has 2 nitrogen and oxygen atoms in total. The standard InChI is InChI=1S/C20H26FNO/c1-4-6-8-20-9-7-17(23)13(5-2)18(20)14-10-16(21)19(22)12(3)15(14)11-20/h10H,4-9,11,22H2,1-3H3. The van der Waals surface area contributed by atoms with E-state index in [0.717, 1.165) is 66.4 Å². The zero-order valence-corrected chi connectivity index (χ0v) is 14.4. The van der Waals surface area contributed by atoms with E-state index >= 15 is 0 Å². The number of unbranched alkanes of at least 4 members (excludes halogenated alkanes) is 1. The van der Waals surface area contributed by atoms with Crippen molar-refractivity contribution >= 4 is 17.0 Å². The van der Waals surface area contributed by atoms with E-state index < -0.39 is 0 Å². The van der Waals surface area contributed by atoms with Gasteiger partial charge in [0.15, 0.2) is 5.78 Å². The largest absolute Gasteiger partial charge is 0.396 e. The monoisotopic (exact) mass is 315 g/mol. The summed E-state index contributed by atoms with van der Waals surface area (Å²) in [6.45, 7) is 6.14. The average molecular weight is 315 g/mol. The van der Waals surface area contributed by atoms with E-state index in [4.69, 9.17) is 5.73 Å². The molecule has 23 heavy (non-hydrogen) atoms. The fourth-order valence-electron chi connectivity index (χ4n) is 4.57. The molecule has 2 aliphatic rings. The summed E-state index contributed by atoms with van der Waals surface area (Å²) in [6, 6.07) is 1.58. The van der Waals surface area contributed by atoms with Crippen molar-refractivity contribution < 1.29 is 9.18 Å². The van der Waals surface area contributed by atoms with Crippen molar-refractivity contribution in [3.8, 4) is 0 Å². The molecule has 2 aliphatic carbocycles. The van der Waals surface area contributed by atoms with E-state index in [1.54, 1.807) is 6.07 Å². The van der Waals surface area contributed by atoms with Crippen LogP contribution in [0.3, 0.4) is 0 Å². The third-order valence-electron chi connectivity index (χ3n) is 5.86. The van der Waals surface area contributed by atoms with Gasteiger partial charge in [-0.15, -0.1) is 0 Å². The summed E-state index contributed by atoms with van der Waals surface area (Å²) in [5.41, 5.74) is 11.2. The topological polar surface area (TPSA) is 43.1 Å². The summed E-state index contributed by atoms with van der Waals surface area (Å²) in [4.78, 5) is 12.5. The lowest BCUT2D eigenvalue weighted by Gasteiger charge is -2.36. The third-order valence-corrected chi connectivity index (χ3v) is 5.86. The Labute approximate surface area is 138 Å². The van der Waals surface area contributed by atoms with Gasteiger partial charge in [-0.05, 0) is 66.5 Å². The van der Waals surface area contributed by atoms with Crippen molar-refractivity contribution in [3.63, 3.8) is 0 Å². The number of nitrogens with two attached hydrogens (primary N) is 1. The molecule has 0 spiro atoms. The number of carbonyl (C=O) groups excluding carboxylic acids is 1. The third kappa shape index (κ3) is 2.32. The van der Waals surface area contributed by atoms with Gasteiger partial charge in [-0.3, -0.25) is 4.79 Å². The Balaban J connectivity index is 2.26. The van der Waals surface area contributed by atoms with E-state index in [0.29, 0.717) is 6.42 Å². The number of halogens is 1. The molecule has 0 saturated carbocycles. The number of rotatable bonds is 4. The van der Waals surface area contributed by atoms with Crippen molar-refractivity contribution in [2.75, 3.05) is 5.73 Å². The number of benzene rings is 1. The van der Waals surface area contributed by atoms with Crippen LogP contribution in [0.5, 0.6) is 0 Å². The Morgan fingerprint density at radius 3 is 2.74 bits per heavy atom. The van der Waals surface area contributed by atoms with E-state index in [1.165, 1.54) is 0 Å². The molecule has 124 valence electrons. The number of Topliss-reactive ketones (excluding diaryl/α,β-unsaturated/α-hetero) is 1. The number of allylic oxidation sites excluding steroid dienone is 2. The van der Waals surface area contributed by atoms with Gasteiger partial charge in [0.2, 0.25) is 0 Å². The summed E-state index contributed by atoms with van der Waals surface area (Å²) in [5, 5.41) is 0. The quantitative estimate of drug-likeness (QED) is 0.797. The second-order valence-corrected chi connectivity index (χ2v) is 7.11. The normalized spacial score (nSPS) is 23.2. The summed E-state index contributed by atoms with van der Waals surface area (Å²) in [5.74, 6) is -0.106. The van der Waals surface area contributed by atoms with Crippen molar-refractivity contribution in [1.82, 2.24) is 0 Å². The Morgan fingerprint density at radius 2 is 2.09 bits per heavy atom. The van der Waals surface area contributed by atoms with Crippen LogP contribution in [0.4, 0.5) is 10.1 Å². The fraction of sp³-hybridized carbons (Fsp3) is 0.550. The summed E-state index contributed by atoms with van der Waals surface area (Å²) >= 11 is 0. The first kappa shape index (κ1) is 16.2. The van der Waals surface area contributed by atoms with Gasteiger partial charge in [-0.2, -0.15) is 0 Å².